The van der Waals surface area contributed by atoms with Gasteiger partial charge in [-0.1, -0.05) is 47.7 Å². The molecular weight excluding hydrogens is 338 g/mol. The van der Waals surface area contributed by atoms with Gasteiger partial charge in [0.05, 0.1) is 18.3 Å². The van der Waals surface area contributed by atoms with E-state index in [-0.39, 0.29) is 11.9 Å². The Morgan fingerprint density at radius 1 is 1.41 bits per heavy atom. The van der Waals surface area contributed by atoms with Crippen LogP contribution in [0.25, 0.3) is 0 Å². The molecule has 0 radical (unpaired) electrons. The molecule has 1 aromatic carbocycles. The molecule has 1 fully saturated rings. The maximum absolute atomic E-state index is 12.1. The molecule has 0 aromatic heterocycles. The van der Waals surface area contributed by atoms with Crippen LogP contribution in [-0.2, 0) is 4.79 Å². The van der Waals surface area contributed by atoms with E-state index in [1.54, 1.807) is 0 Å². The molecule has 7 heteroatoms. The van der Waals surface area contributed by atoms with Gasteiger partial charge in [-0.25, -0.2) is 5.01 Å². The van der Waals surface area contributed by atoms with Gasteiger partial charge in [-0.3, -0.25) is 4.79 Å². The van der Waals surface area contributed by atoms with E-state index in [1.807, 2.05) is 40.4 Å². The summed E-state index contributed by atoms with van der Waals surface area (Å²) in [6, 6.07) is 7.54. The minimum atomic E-state index is -0.0405. The quantitative estimate of drug-likeness (QED) is 0.766. The van der Waals surface area contributed by atoms with Crippen molar-refractivity contribution in [3.05, 3.63) is 34.9 Å². The van der Waals surface area contributed by atoms with Crippen LogP contribution in [0.2, 0.25) is 5.02 Å². The van der Waals surface area contributed by atoms with Gasteiger partial charge >= 0.3 is 0 Å². The summed E-state index contributed by atoms with van der Waals surface area (Å²) in [4.78, 5) is 14.1. The third kappa shape index (κ3) is 3.00. The van der Waals surface area contributed by atoms with Gasteiger partial charge in [0.2, 0.25) is 5.91 Å². The molecule has 0 spiro atoms. The highest BCUT2D eigenvalue weighted by Gasteiger charge is 2.37. The molecule has 1 aromatic rings. The van der Waals surface area contributed by atoms with Crippen LogP contribution in [0.5, 0.6) is 0 Å². The summed E-state index contributed by atoms with van der Waals surface area (Å²) >= 11 is 12.8. The standard InChI is InChI=1S/C15H16ClN3OS2/c1-22-15(21)19-9-12(18-8-2-3-13(18)20)14(17-19)10-4-6-11(16)7-5-10/h4-7,12H,2-3,8-9H2,1H3. The first kappa shape index (κ1) is 15.8. The van der Waals surface area contributed by atoms with Crippen molar-refractivity contribution in [2.75, 3.05) is 19.3 Å². The van der Waals surface area contributed by atoms with Gasteiger partial charge < -0.3 is 4.90 Å². The van der Waals surface area contributed by atoms with E-state index >= 15 is 0 Å². The third-order valence-electron chi connectivity index (χ3n) is 3.90. The molecular formula is C15H16ClN3OS2. The van der Waals surface area contributed by atoms with Crippen LogP contribution >= 0.6 is 35.6 Å². The fourth-order valence-corrected chi connectivity index (χ4v) is 3.39. The van der Waals surface area contributed by atoms with Gasteiger partial charge in [-0.2, -0.15) is 5.10 Å². The number of nitrogens with zero attached hydrogens (tertiary/aromatic N) is 3. The van der Waals surface area contributed by atoms with E-state index in [1.165, 1.54) is 11.8 Å². The highest BCUT2D eigenvalue weighted by atomic mass is 35.5. The summed E-state index contributed by atoms with van der Waals surface area (Å²) in [7, 11) is 0. The number of amides is 1. The highest BCUT2D eigenvalue weighted by Crippen LogP contribution is 2.25. The number of carbonyl (C=O) groups excluding carboxylic acids is 1. The minimum Gasteiger partial charge on any atom is -0.332 e. The average molecular weight is 354 g/mol. The first-order valence-electron chi connectivity index (χ1n) is 7.09. The van der Waals surface area contributed by atoms with E-state index in [0.717, 1.165) is 28.6 Å². The lowest BCUT2D eigenvalue weighted by molar-refractivity contribution is -0.128. The van der Waals surface area contributed by atoms with Crippen LogP contribution < -0.4 is 0 Å². The lowest BCUT2D eigenvalue weighted by Crippen LogP contribution is -2.44. The maximum Gasteiger partial charge on any atom is 0.223 e. The number of carbonyl (C=O) groups is 1. The molecule has 2 aliphatic rings. The van der Waals surface area contributed by atoms with Crippen LogP contribution in [0.15, 0.2) is 29.4 Å². The van der Waals surface area contributed by atoms with Crippen molar-refractivity contribution in [1.29, 1.82) is 0 Å². The molecule has 22 heavy (non-hydrogen) atoms. The number of likely N-dealkylation sites (tertiary alicyclic amines) is 1. The normalized spacial score (nSPS) is 21.5. The number of hydrogen-bond donors (Lipinski definition) is 0. The zero-order valence-corrected chi connectivity index (χ0v) is 14.5. The second kappa shape index (κ2) is 6.56. The largest absolute Gasteiger partial charge is 0.332 e. The molecule has 0 aliphatic carbocycles. The van der Waals surface area contributed by atoms with E-state index < -0.39 is 0 Å². The number of thioether (sulfide) groups is 1. The lowest BCUT2D eigenvalue weighted by atomic mass is 10.0. The monoisotopic (exact) mass is 353 g/mol. The number of hydrogen-bond acceptors (Lipinski definition) is 4. The molecule has 4 nitrogen and oxygen atoms in total. The maximum atomic E-state index is 12.1. The topological polar surface area (TPSA) is 35.9 Å². The molecule has 1 saturated heterocycles. The van der Waals surface area contributed by atoms with Crippen molar-refractivity contribution in [3.63, 3.8) is 0 Å². The third-order valence-corrected chi connectivity index (χ3v) is 5.42. The fourth-order valence-electron chi connectivity index (χ4n) is 2.82. The first-order chi connectivity index (χ1) is 10.6. The zero-order valence-electron chi connectivity index (χ0n) is 12.2. The molecule has 0 N–H and O–H groups in total. The predicted molar refractivity (Wildman–Crippen MR) is 95.5 cm³/mol. The van der Waals surface area contributed by atoms with Gasteiger partial charge in [-0.15, -0.1) is 0 Å². The zero-order chi connectivity index (χ0) is 15.7. The first-order valence-corrected chi connectivity index (χ1v) is 9.10. The van der Waals surface area contributed by atoms with E-state index in [9.17, 15) is 4.79 Å². The second-order valence-corrected chi connectivity index (χ2v) is 7.13. The Morgan fingerprint density at radius 3 is 2.73 bits per heavy atom. The molecule has 2 aliphatic heterocycles. The van der Waals surface area contributed by atoms with E-state index in [4.69, 9.17) is 23.8 Å². The molecule has 0 saturated carbocycles. The Labute approximate surface area is 144 Å². The molecule has 0 bridgehead atoms. The van der Waals surface area contributed by atoms with Crippen molar-refractivity contribution in [2.45, 2.75) is 18.9 Å². The van der Waals surface area contributed by atoms with Gasteiger partial charge in [0.1, 0.15) is 0 Å². The Balaban J connectivity index is 1.94. The van der Waals surface area contributed by atoms with Gasteiger partial charge in [0.25, 0.3) is 0 Å². The Morgan fingerprint density at radius 2 is 2.14 bits per heavy atom. The summed E-state index contributed by atoms with van der Waals surface area (Å²) in [5.41, 5.74) is 1.88. The summed E-state index contributed by atoms with van der Waals surface area (Å²) in [6.45, 7) is 1.42. The average Bonchev–Trinajstić information content (AvgIpc) is 3.13. The van der Waals surface area contributed by atoms with Crippen LogP contribution in [0.1, 0.15) is 18.4 Å². The SMILES string of the molecule is CSC(=S)N1CC(N2CCCC2=O)C(c2ccc(Cl)cc2)=N1. The molecule has 1 amide bonds. The number of thiocarbonyl (C=S) groups is 1. The van der Waals surface area contributed by atoms with Crippen molar-refractivity contribution >= 4 is 51.5 Å². The summed E-state index contributed by atoms with van der Waals surface area (Å²) < 4.78 is 0.723. The molecule has 116 valence electrons. The molecule has 1 unspecified atom stereocenters. The number of halogens is 1. The van der Waals surface area contributed by atoms with Crippen molar-refractivity contribution < 1.29 is 4.79 Å². The molecule has 3 rings (SSSR count). The minimum absolute atomic E-state index is 0.0405. The lowest BCUT2D eigenvalue weighted by Gasteiger charge is -2.25. The van der Waals surface area contributed by atoms with Crippen LogP contribution in [0.4, 0.5) is 0 Å². The van der Waals surface area contributed by atoms with E-state index in [2.05, 4.69) is 5.10 Å². The van der Waals surface area contributed by atoms with E-state index in [0.29, 0.717) is 18.0 Å². The predicted octanol–water partition coefficient (Wildman–Crippen LogP) is 3.00. The Bertz CT molecular complexity index is 632. The number of hydrazone groups is 1. The van der Waals surface area contributed by atoms with Gasteiger partial charge in [0.15, 0.2) is 4.32 Å². The number of rotatable bonds is 2. The Hall–Kier alpha value is -1.11. The van der Waals surface area contributed by atoms with Crippen LogP contribution in [0.3, 0.4) is 0 Å². The molecule has 2 heterocycles. The van der Waals surface area contributed by atoms with Crippen molar-refractivity contribution in [1.82, 2.24) is 9.91 Å². The Kier molecular flexibility index (Phi) is 4.70. The molecule has 1 atom stereocenters. The second-order valence-electron chi connectivity index (χ2n) is 5.25. The summed E-state index contributed by atoms with van der Waals surface area (Å²) in [5, 5.41) is 7.18. The van der Waals surface area contributed by atoms with Crippen LogP contribution in [-0.4, -0.2) is 51.2 Å². The number of benzene rings is 1. The van der Waals surface area contributed by atoms with Crippen molar-refractivity contribution in [3.8, 4) is 0 Å². The summed E-state index contributed by atoms with van der Waals surface area (Å²) in [6.07, 6.45) is 3.47. The highest BCUT2D eigenvalue weighted by molar-refractivity contribution is 8.22. The smallest absolute Gasteiger partial charge is 0.223 e. The van der Waals surface area contributed by atoms with Gasteiger partial charge in [0, 0.05) is 23.6 Å². The van der Waals surface area contributed by atoms with Gasteiger partial charge in [-0.05, 0) is 24.8 Å². The van der Waals surface area contributed by atoms with Crippen molar-refractivity contribution in [2.24, 2.45) is 5.10 Å². The summed E-state index contributed by atoms with van der Waals surface area (Å²) in [5.74, 6) is 0.198. The fraction of sp³-hybridized carbons (Fsp3) is 0.400. The van der Waals surface area contributed by atoms with Crippen LogP contribution in [0, 0.1) is 0 Å².